The molecule has 32 heavy (non-hydrogen) atoms. The third kappa shape index (κ3) is 6.93. The van der Waals surface area contributed by atoms with Gasteiger partial charge in [0.2, 0.25) is 0 Å². The van der Waals surface area contributed by atoms with Crippen LogP contribution in [0.5, 0.6) is 0 Å². The Morgan fingerprint density at radius 3 is 2.59 bits per heavy atom. The number of benzene rings is 1. The van der Waals surface area contributed by atoms with E-state index in [2.05, 4.69) is 10.1 Å². The maximum atomic E-state index is 12.6. The zero-order valence-corrected chi connectivity index (χ0v) is 19.4. The predicted molar refractivity (Wildman–Crippen MR) is 118 cm³/mol. The van der Waals surface area contributed by atoms with Crippen LogP contribution in [0.2, 0.25) is 15.9 Å². The molecule has 0 radical (unpaired) electrons. The zero-order chi connectivity index (χ0) is 24.0. The van der Waals surface area contributed by atoms with Crippen LogP contribution < -0.4 is 11.1 Å². The third-order valence-corrected chi connectivity index (χ3v) is 5.38. The minimum atomic E-state index is -1.33. The van der Waals surface area contributed by atoms with Gasteiger partial charge in [-0.05, 0) is 30.5 Å². The fraction of sp³-hybridized carbons (Fsp3) is 0.500. The van der Waals surface area contributed by atoms with Gasteiger partial charge in [-0.15, -0.1) is 0 Å². The summed E-state index contributed by atoms with van der Waals surface area (Å²) in [5, 5.41) is 3.04. The van der Waals surface area contributed by atoms with Crippen molar-refractivity contribution in [3.8, 4) is 0 Å². The number of Topliss-reactive ketones (excluding diaryl/α,β-unsaturated/α-hetero) is 1. The van der Waals surface area contributed by atoms with Crippen LogP contribution in [0.3, 0.4) is 0 Å². The molecule has 3 N–H and O–H groups in total. The molecule has 2 rings (SSSR count). The Hall–Kier alpha value is -2.14. The normalized spacial score (nSPS) is 19.3. The van der Waals surface area contributed by atoms with E-state index >= 15 is 0 Å². The summed E-state index contributed by atoms with van der Waals surface area (Å²) in [4.78, 5) is 49.0. The highest BCUT2D eigenvalue weighted by molar-refractivity contribution is 6.50. The molecule has 1 amide bonds. The van der Waals surface area contributed by atoms with Gasteiger partial charge in [0.25, 0.3) is 5.91 Å². The highest BCUT2D eigenvalue weighted by Gasteiger charge is 2.48. The van der Waals surface area contributed by atoms with Crippen LogP contribution in [-0.4, -0.2) is 56.5 Å². The maximum absolute atomic E-state index is 12.6. The lowest BCUT2D eigenvalue weighted by atomic mass is 9.64. The summed E-state index contributed by atoms with van der Waals surface area (Å²) < 4.78 is 15.5. The number of amides is 1. The topological polar surface area (TPSA) is 134 Å². The molecule has 1 saturated heterocycles. The molecule has 0 spiro atoms. The van der Waals surface area contributed by atoms with E-state index in [-0.39, 0.29) is 35.3 Å². The van der Waals surface area contributed by atoms with E-state index in [1.807, 2.05) is 13.8 Å². The van der Waals surface area contributed by atoms with Crippen molar-refractivity contribution in [1.82, 2.24) is 5.32 Å². The monoisotopic (exact) mass is 486 g/mol. The van der Waals surface area contributed by atoms with E-state index in [1.54, 1.807) is 6.07 Å². The minimum absolute atomic E-state index is 0.0667. The number of carbonyl (C=O) groups is 4. The summed E-state index contributed by atoms with van der Waals surface area (Å²) in [7, 11) is -0.00650. The second-order valence-electron chi connectivity index (χ2n) is 7.85. The van der Waals surface area contributed by atoms with E-state index in [4.69, 9.17) is 38.2 Å². The molecule has 0 bridgehead atoms. The van der Waals surface area contributed by atoms with Crippen molar-refractivity contribution in [1.29, 1.82) is 0 Å². The molecule has 3 atom stereocenters. The van der Waals surface area contributed by atoms with Crippen molar-refractivity contribution >= 4 is 53.9 Å². The van der Waals surface area contributed by atoms with E-state index in [0.717, 1.165) is 7.11 Å². The first-order valence-corrected chi connectivity index (χ1v) is 10.7. The van der Waals surface area contributed by atoms with Crippen LogP contribution >= 0.6 is 23.2 Å². The van der Waals surface area contributed by atoms with Crippen molar-refractivity contribution in [2.24, 2.45) is 11.7 Å². The highest BCUT2D eigenvalue weighted by atomic mass is 35.5. The summed E-state index contributed by atoms with van der Waals surface area (Å²) in [6.45, 7) is 3.57. The molecule has 0 aliphatic carbocycles. The lowest BCUT2D eigenvalue weighted by molar-refractivity contribution is -0.162. The van der Waals surface area contributed by atoms with Crippen molar-refractivity contribution in [3.05, 3.63) is 33.8 Å². The summed E-state index contributed by atoms with van der Waals surface area (Å²) in [6.07, 6.45) is -0.940. The van der Waals surface area contributed by atoms with Gasteiger partial charge in [-0.2, -0.15) is 0 Å². The Balaban J connectivity index is 2.05. The molecule has 0 unspecified atom stereocenters. The summed E-state index contributed by atoms with van der Waals surface area (Å²) in [6, 6.07) is 3.10. The molecule has 12 heteroatoms. The Bertz CT molecular complexity index is 884. The minimum Gasteiger partial charge on any atom is -0.508 e. The number of rotatable bonds is 9. The number of ketones is 1. The van der Waals surface area contributed by atoms with Crippen molar-refractivity contribution in [3.63, 3.8) is 0 Å². The average molecular weight is 487 g/mol. The molecule has 1 aromatic rings. The lowest BCUT2D eigenvalue weighted by Crippen LogP contribution is -2.58. The number of methoxy groups -OCH3 is 1. The SMILES string of the molecule is COC(=O)[C@@H]1OB([C@@H](CC(=O)CNC(=O)c2cc(Cl)ccc2Cl)CC(C)C)OC(=O)[C@@H]1N. The van der Waals surface area contributed by atoms with Crippen LogP contribution in [0.15, 0.2) is 18.2 Å². The number of carbonyl (C=O) groups excluding carboxylic acids is 4. The standard InChI is InChI=1S/C20H25BCl2N2O7/c1-10(2)6-11(21-31-17(20(29)30-3)16(24)19(28)32-21)7-13(26)9-25-18(27)14-8-12(22)4-5-15(14)23/h4-5,8,10-11,16-17H,6-7,9,24H2,1-3H3,(H,25,27)/t11-,16-,17-/m1/s1. The third-order valence-electron chi connectivity index (χ3n) is 4.81. The van der Waals surface area contributed by atoms with Gasteiger partial charge >= 0.3 is 19.1 Å². The molecule has 1 aliphatic heterocycles. The Labute approximate surface area is 196 Å². The van der Waals surface area contributed by atoms with Gasteiger partial charge in [0.05, 0.1) is 24.2 Å². The Kier molecular flexibility index (Phi) is 9.51. The number of ether oxygens (including phenoxy) is 1. The summed E-state index contributed by atoms with van der Waals surface area (Å²) in [5.41, 5.74) is 5.83. The average Bonchev–Trinajstić information content (AvgIpc) is 2.74. The van der Waals surface area contributed by atoms with Gasteiger partial charge in [0, 0.05) is 17.3 Å². The second-order valence-corrected chi connectivity index (χ2v) is 8.69. The molecule has 1 fully saturated rings. The molecule has 9 nitrogen and oxygen atoms in total. The molecular weight excluding hydrogens is 462 g/mol. The fourth-order valence-corrected chi connectivity index (χ4v) is 3.68. The van der Waals surface area contributed by atoms with Crippen LogP contribution in [-0.2, 0) is 28.4 Å². The number of hydrogen-bond acceptors (Lipinski definition) is 8. The predicted octanol–water partition coefficient (Wildman–Crippen LogP) is 2.03. The van der Waals surface area contributed by atoms with Gasteiger partial charge in [-0.25, -0.2) is 4.79 Å². The van der Waals surface area contributed by atoms with Gasteiger partial charge in [-0.3, -0.25) is 14.4 Å². The Morgan fingerprint density at radius 2 is 1.97 bits per heavy atom. The van der Waals surface area contributed by atoms with Gasteiger partial charge in [0.1, 0.15) is 6.04 Å². The molecule has 1 aliphatic rings. The second kappa shape index (κ2) is 11.6. The molecule has 0 aromatic heterocycles. The quantitative estimate of drug-likeness (QED) is 0.400. The van der Waals surface area contributed by atoms with Crippen LogP contribution in [0.1, 0.15) is 37.0 Å². The summed E-state index contributed by atoms with van der Waals surface area (Å²) in [5.74, 6) is -2.93. The van der Waals surface area contributed by atoms with Crippen LogP contribution in [0.4, 0.5) is 0 Å². The van der Waals surface area contributed by atoms with Crippen molar-refractivity contribution in [2.75, 3.05) is 13.7 Å². The van der Waals surface area contributed by atoms with Gasteiger partial charge in [-0.1, -0.05) is 37.0 Å². The smallest absolute Gasteiger partial charge is 0.508 e. The van der Waals surface area contributed by atoms with Crippen molar-refractivity contribution < 1.29 is 33.2 Å². The Morgan fingerprint density at radius 1 is 1.28 bits per heavy atom. The number of nitrogens with two attached hydrogens (primary N) is 1. The van der Waals surface area contributed by atoms with E-state index in [9.17, 15) is 19.2 Å². The number of halogens is 2. The lowest BCUT2D eigenvalue weighted by Gasteiger charge is -2.33. The van der Waals surface area contributed by atoms with Crippen LogP contribution in [0.25, 0.3) is 0 Å². The zero-order valence-electron chi connectivity index (χ0n) is 17.9. The highest BCUT2D eigenvalue weighted by Crippen LogP contribution is 2.30. The first kappa shape index (κ1) is 26.1. The first-order valence-electron chi connectivity index (χ1n) is 9.97. The number of nitrogens with one attached hydrogen (secondary N) is 1. The number of esters is 1. The molecule has 1 aromatic carbocycles. The van der Waals surface area contributed by atoms with E-state index in [1.165, 1.54) is 12.1 Å². The molecular formula is C20H25BCl2N2O7. The molecule has 1 heterocycles. The van der Waals surface area contributed by atoms with Gasteiger partial charge < -0.3 is 25.1 Å². The first-order chi connectivity index (χ1) is 15.0. The number of hydrogen-bond donors (Lipinski definition) is 2. The van der Waals surface area contributed by atoms with Crippen LogP contribution in [0, 0.1) is 5.92 Å². The largest absolute Gasteiger partial charge is 0.531 e. The maximum Gasteiger partial charge on any atom is 0.531 e. The molecule has 174 valence electrons. The summed E-state index contributed by atoms with van der Waals surface area (Å²) >= 11 is 11.9. The van der Waals surface area contributed by atoms with Crippen molar-refractivity contribution in [2.45, 2.75) is 44.7 Å². The van der Waals surface area contributed by atoms with E-state index < -0.39 is 42.9 Å². The van der Waals surface area contributed by atoms with E-state index in [0.29, 0.717) is 11.4 Å². The molecule has 0 saturated carbocycles. The van der Waals surface area contributed by atoms with Gasteiger partial charge in [0.15, 0.2) is 11.9 Å². The fourth-order valence-electron chi connectivity index (χ4n) is 3.31.